The van der Waals surface area contributed by atoms with Crippen LogP contribution in [0.25, 0.3) is 0 Å². The van der Waals surface area contributed by atoms with Gasteiger partial charge in [0, 0.05) is 19.3 Å². The fourth-order valence-electron chi connectivity index (χ4n) is 3.32. The number of nitrogens with zero attached hydrogens (tertiary/aromatic N) is 3. The second kappa shape index (κ2) is 7.26. The quantitative estimate of drug-likeness (QED) is 0.780. The van der Waals surface area contributed by atoms with Crippen molar-refractivity contribution in [3.63, 3.8) is 0 Å². The summed E-state index contributed by atoms with van der Waals surface area (Å²) in [6.07, 6.45) is 3.73. The molecule has 24 heavy (non-hydrogen) atoms. The number of benzene rings is 1. The molecule has 1 unspecified atom stereocenters. The van der Waals surface area contributed by atoms with Crippen LogP contribution in [0.4, 0.5) is 0 Å². The summed E-state index contributed by atoms with van der Waals surface area (Å²) in [6, 6.07) is 8.05. The molecule has 0 fully saturated rings. The summed E-state index contributed by atoms with van der Waals surface area (Å²) in [5, 5.41) is 4.35. The van der Waals surface area contributed by atoms with Crippen molar-refractivity contribution in [3.05, 3.63) is 47.3 Å². The van der Waals surface area contributed by atoms with Gasteiger partial charge in [-0.05, 0) is 43.0 Å². The molecule has 1 atom stereocenters. The fraction of sp³-hybridized carbons (Fsp3) is 0.444. The van der Waals surface area contributed by atoms with Crippen LogP contribution in [0.2, 0.25) is 0 Å². The van der Waals surface area contributed by atoms with E-state index in [1.807, 2.05) is 40.8 Å². The Morgan fingerprint density at radius 1 is 1.46 bits per heavy atom. The van der Waals surface area contributed by atoms with Gasteiger partial charge in [-0.2, -0.15) is 5.10 Å². The maximum Gasteiger partial charge on any atom is 0.238 e. The van der Waals surface area contributed by atoms with Gasteiger partial charge < -0.3 is 9.64 Å². The Morgan fingerprint density at radius 2 is 2.29 bits per heavy atom. The summed E-state index contributed by atoms with van der Waals surface area (Å²) in [4.78, 5) is 14.4. The van der Waals surface area contributed by atoms with E-state index in [4.69, 9.17) is 16.3 Å². The number of rotatable bonds is 5. The third-order valence-corrected chi connectivity index (χ3v) is 4.80. The second-order valence-corrected chi connectivity index (χ2v) is 6.36. The Morgan fingerprint density at radius 3 is 3.04 bits per heavy atom. The van der Waals surface area contributed by atoms with E-state index in [-0.39, 0.29) is 17.8 Å². The summed E-state index contributed by atoms with van der Waals surface area (Å²) in [5.74, 6) is 0.753. The molecule has 1 aromatic carbocycles. The van der Waals surface area contributed by atoms with Crippen LogP contribution in [0.3, 0.4) is 0 Å². The largest absolute Gasteiger partial charge is 0.496 e. The van der Waals surface area contributed by atoms with E-state index >= 15 is 0 Å². The van der Waals surface area contributed by atoms with Crippen LogP contribution in [0, 0.1) is 6.92 Å². The zero-order valence-electron chi connectivity index (χ0n) is 14.0. The number of halogens is 1. The molecule has 1 aliphatic heterocycles. The van der Waals surface area contributed by atoms with Gasteiger partial charge in [-0.25, -0.2) is 0 Å². The maximum atomic E-state index is 12.5. The molecule has 6 heteroatoms. The molecule has 1 aliphatic rings. The molecule has 3 rings (SSSR count). The first-order valence-corrected chi connectivity index (χ1v) is 8.68. The number of aryl methyl sites for hydroxylation is 2. The number of fused-ring (bicyclic) bond motifs is 1. The minimum atomic E-state index is -0.0594. The molecule has 1 amide bonds. The number of methoxy groups -OCH3 is 1. The minimum absolute atomic E-state index is 0.0137. The van der Waals surface area contributed by atoms with Crippen LogP contribution < -0.4 is 4.74 Å². The summed E-state index contributed by atoms with van der Waals surface area (Å²) < 4.78 is 7.38. The highest BCUT2D eigenvalue weighted by Gasteiger charge is 2.29. The first kappa shape index (κ1) is 16.8. The molecule has 0 spiro atoms. The average molecular weight is 348 g/mol. The smallest absolute Gasteiger partial charge is 0.238 e. The number of carbonyl (C=O) groups is 1. The third-order valence-electron chi connectivity index (χ3n) is 4.57. The van der Waals surface area contributed by atoms with E-state index in [2.05, 4.69) is 5.10 Å². The van der Waals surface area contributed by atoms with Crippen LogP contribution in [0.5, 0.6) is 5.75 Å². The van der Waals surface area contributed by atoms with Gasteiger partial charge in [0.1, 0.15) is 11.6 Å². The van der Waals surface area contributed by atoms with Gasteiger partial charge in [0.2, 0.25) is 5.91 Å². The van der Waals surface area contributed by atoms with Crippen molar-refractivity contribution in [1.29, 1.82) is 0 Å². The molecule has 128 valence electrons. The van der Waals surface area contributed by atoms with Gasteiger partial charge in [0.05, 0.1) is 18.8 Å². The minimum Gasteiger partial charge on any atom is -0.496 e. The summed E-state index contributed by atoms with van der Waals surface area (Å²) in [5.41, 5.74) is 3.19. The molecule has 5 nitrogen and oxygen atoms in total. The van der Waals surface area contributed by atoms with Crippen LogP contribution in [-0.2, 0) is 17.9 Å². The van der Waals surface area contributed by atoms with Crippen molar-refractivity contribution >= 4 is 17.5 Å². The Bertz CT molecular complexity index is 729. The van der Waals surface area contributed by atoms with Crippen molar-refractivity contribution in [2.75, 3.05) is 13.0 Å². The molecular weight excluding hydrogens is 326 g/mol. The van der Waals surface area contributed by atoms with Crippen molar-refractivity contribution in [2.24, 2.45) is 0 Å². The topological polar surface area (TPSA) is 47.4 Å². The van der Waals surface area contributed by atoms with E-state index in [0.29, 0.717) is 6.54 Å². The van der Waals surface area contributed by atoms with E-state index in [0.717, 1.165) is 42.0 Å². The van der Waals surface area contributed by atoms with Gasteiger partial charge >= 0.3 is 0 Å². The fourth-order valence-corrected chi connectivity index (χ4v) is 3.47. The molecule has 0 radical (unpaired) electrons. The number of hydrogen-bond donors (Lipinski definition) is 0. The van der Waals surface area contributed by atoms with Gasteiger partial charge in [-0.1, -0.05) is 12.1 Å². The van der Waals surface area contributed by atoms with E-state index in [1.165, 1.54) is 0 Å². The van der Waals surface area contributed by atoms with Crippen LogP contribution in [0.15, 0.2) is 30.5 Å². The number of amides is 1. The van der Waals surface area contributed by atoms with Crippen molar-refractivity contribution in [2.45, 2.75) is 38.9 Å². The van der Waals surface area contributed by atoms with Gasteiger partial charge in [-0.3, -0.25) is 9.48 Å². The first-order valence-electron chi connectivity index (χ1n) is 8.14. The van der Waals surface area contributed by atoms with E-state index in [1.54, 1.807) is 13.3 Å². The lowest BCUT2D eigenvalue weighted by atomic mass is 10.0. The third kappa shape index (κ3) is 3.26. The molecule has 1 aromatic heterocycles. The molecule has 2 heterocycles. The van der Waals surface area contributed by atoms with Gasteiger partial charge in [0.15, 0.2) is 0 Å². The van der Waals surface area contributed by atoms with Crippen molar-refractivity contribution < 1.29 is 9.53 Å². The monoisotopic (exact) mass is 347 g/mol. The summed E-state index contributed by atoms with van der Waals surface area (Å²) >= 11 is 5.88. The van der Waals surface area contributed by atoms with Crippen LogP contribution >= 0.6 is 11.6 Å². The zero-order valence-corrected chi connectivity index (χ0v) is 14.8. The highest BCUT2D eigenvalue weighted by molar-refractivity contribution is 6.27. The van der Waals surface area contributed by atoms with E-state index in [9.17, 15) is 4.79 Å². The number of ether oxygens (including phenoxy) is 1. The Hall–Kier alpha value is -2.01. The molecule has 0 bridgehead atoms. The molecular formula is C18H22ClN3O2. The number of carbonyl (C=O) groups excluding carboxylic acids is 1. The SMILES string of the molecule is COc1cc(CN(C(=O)CCl)C2CCCn3nccc32)ccc1C. The average Bonchev–Trinajstić information content (AvgIpc) is 3.09. The van der Waals surface area contributed by atoms with Crippen molar-refractivity contribution in [3.8, 4) is 5.75 Å². The normalized spacial score (nSPS) is 16.5. The number of alkyl halides is 1. The molecule has 0 saturated carbocycles. The molecule has 0 saturated heterocycles. The first-order chi connectivity index (χ1) is 11.6. The molecule has 0 N–H and O–H groups in total. The van der Waals surface area contributed by atoms with E-state index < -0.39 is 0 Å². The maximum absolute atomic E-state index is 12.5. The standard InChI is InChI=1S/C18H22ClN3O2/c1-13-5-6-14(10-17(13)24-2)12-21(18(23)11-19)15-4-3-9-22-16(15)7-8-20-22/h5-8,10,15H,3-4,9,11-12H2,1-2H3. The summed E-state index contributed by atoms with van der Waals surface area (Å²) in [6.45, 7) is 3.42. The van der Waals surface area contributed by atoms with Crippen LogP contribution in [-0.4, -0.2) is 33.6 Å². The zero-order chi connectivity index (χ0) is 17.1. The molecule has 0 aliphatic carbocycles. The lowest BCUT2D eigenvalue weighted by Gasteiger charge is -2.34. The highest BCUT2D eigenvalue weighted by atomic mass is 35.5. The predicted octanol–water partition coefficient (Wildman–Crippen LogP) is 3.30. The van der Waals surface area contributed by atoms with Crippen molar-refractivity contribution in [1.82, 2.24) is 14.7 Å². The molecule has 2 aromatic rings. The van der Waals surface area contributed by atoms with Crippen LogP contribution in [0.1, 0.15) is 35.7 Å². The Kier molecular flexibility index (Phi) is 5.09. The number of aromatic nitrogens is 2. The second-order valence-electron chi connectivity index (χ2n) is 6.10. The predicted molar refractivity (Wildman–Crippen MR) is 93.2 cm³/mol. The number of hydrogen-bond acceptors (Lipinski definition) is 3. The highest BCUT2D eigenvalue weighted by Crippen LogP contribution is 2.32. The van der Waals surface area contributed by atoms with Gasteiger partial charge in [-0.15, -0.1) is 11.6 Å². The summed E-state index contributed by atoms with van der Waals surface area (Å²) in [7, 11) is 1.66. The Labute approximate surface area is 147 Å². The lowest BCUT2D eigenvalue weighted by Crippen LogP contribution is -2.38. The lowest BCUT2D eigenvalue weighted by molar-refractivity contribution is -0.132. The van der Waals surface area contributed by atoms with Gasteiger partial charge in [0.25, 0.3) is 0 Å². The Balaban J connectivity index is 1.90.